The fourth-order valence-corrected chi connectivity index (χ4v) is 4.63. The number of aliphatic hydroxyl groups is 1. The molecule has 9 heteroatoms. The van der Waals surface area contributed by atoms with Gasteiger partial charge in [0.15, 0.2) is 11.5 Å². The number of pyridine rings is 1. The summed E-state index contributed by atoms with van der Waals surface area (Å²) in [5.74, 6) is -0.481. The van der Waals surface area contributed by atoms with E-state index in [-0.39, 0.29) is 11.3 Å². The Morgan fingerprint density at radius 1 is 1.03 bits per heavy atom. The topological polar surface area (TPSA) is 101 Å². The Bertz CT molecular complexity index is 1100. The lowest BCUT2D eigenvalue weighted by Gasteiger charge is -2.29. The first-order chi connectivity index (χ1) is 16.6. The van der Waals surface area contributed by atoms with Gasteiger partial charge in [-0.25, -0.2) is 0 Å². The van der Waals surface area contributed by atoms with Crippen LogP contribution in [-0.4, -0.2) is 84.2 Å². The number of aromatic nitrogens is 1. The van der Waals surface area contributed by atoms with Crippen molar-refractivity contribution in [3.63, 3.8) is 0 Å². The largest absolute Gasteiger partial charge is 0.507 e. The molecule has 3 aliphatic heterocycles. The molecule has 0 unspecified atom stereocenters. The predicted octanol–water partition coefficient (Wildman–Crippen LogP) is 2.00. The van der Waals surface area contributed by atoms with Crippen LogP contribution >= 0.6 is 0 Å². The van der Waals surface area contributed by atoms with Gasteiger partial charge in [-0.05, 0) is 36.2 Å². The Balaban J connectivity index is 1.46. The Labute approximate surface area is 197 Å². The number of rotatable bonds is 6. The zero-order chi connectivity index (χ0) is 23.5. The molecule has 1 amide bonds. The summed E-state index contributed by atoms with van der Waals surface area (Å²) in [6, 6.07) is 7.85. The summed E-state index contributed by atoms with van der Waals surface area (Å²) in [6.07, 6.45) is 3.96. The van der Waals surface area contributed by atoms with Crippen molar-refractivity contribution in [3.8, 4) is 11.5 Å². The van der Waals surface area contributed by atoms with Crippen LogP contribution in [0.15, 0.2) is 48.3 Å². The standard InChI is InChI=1S/C25H27N3O6/c29-23(17-4-5-19-20(15-17)34-14-13-33-19)21-22(18-3-1-6-26-16-18)28(25(31)24(21)30)8-2-7-27-9-11-32-12-10-27/h1,3-6,15-16,22,29H,2,7-14H2/t22-/m0/s1. The van der Waals surface area contributed by atoms with Crippen molar-refractivity contribution in [2.24, 2.45) is 0 Å². The van der Waals surface area contributed by atoms with E-state index < -0.39 is 17.7 Å². The van der Waals surface area contributed by atoms with Crippen LogP contribution in [-0.2, 0) is 14.3 Å². The highest BCUT2D eigenvalue weighted by Gasteiger charge is 2.46. The third-order valence-electron chi connectivity index (χ3n) is 6.33. The Kier molecular flexibility index (Phi) is 6.46. The molecule has 9 nitrogen and oxygen atoms in total. The second-order valence-corrected chi connectivity index (χ2v) is 8.44. The fraction of sp³-hybridized carbons (Fsp3) is 0.400. The zero-order valence-corrected chi connectivity index (χ0v) is 18.8. The summed E-state index contributed by atoms with van der Waals surface area (Å²) < 4.78 is 16.6. The molecule has 0 radical (unpaired) electrons. The van der Waals surface area contributed by atoms with Gasteiger partial charge in [0.2, 0.25) is 0 Å². The monoisotopic (exact) mass is 465 g/mol. The quantitative estimate of drug-likeness (QED) is 0.393. The van der Waals surface area contributed by atoms with Gasteiger partial charge in [-0.3, -0.25) is 19.5 Å². The predicted molar refractivity (Wildman–Crippen MR) is 123 cm³/mol. The first-order valence-corrected chi connectivity index (χ1v) is 11.5. The van der Waals surface area contributed by atoms with E-state index in [0.29, 0.717) is 62.0 Å². The number of ketones is 1. The van der Waals surface area contributed by atoms with Crippen LogP contribution < -0.4 is 9.47 Å². The molecule has 1 atom stereocenters. The number of hydrogen-bond acceptors (Lipinski definition) is 8. The van der Waals surface area contributed by atoms with Gasteiger partial charge in [-0.2, -0.15) is 0 Å². The number of ether oxygens (including phenoxy) is 3. The molecule has 5 rings (SSSR count). The van der Waals surface area contributed by atoms with E-state index in [4.69, 9.17) is 14.2 Å². The molecule has 1 aromatic heterocycles. The number of nitrogens with zero attached hydrogens (tertiary/aromatic N) is 3. The van der Waals surface area contributed by atoms with Crippen LogP contribution in [0.1, 0.15) is 23.6 Å². The maximum absolute atomic E-state index is 13.2. The van der Waals surface area contributed by atoms with Gasteiger partial charge in [0.25, 0.3) is 11.7 Å². The number of hydrogen-bond donors (Lipinski definition) is 1. The first-order valence-electron chi connectivity index (χ1n) is 11.5. The van der Waals surface area contributed by atoms with Crippen LogP contribution in [0, 0.1) is 0 Å². The number of amides is 1. The van der Waals surface area contributed by atoms with Crippen molar-refractivity contribution >= 4 is 17.4 Å². The third-order valence-corrected chi connectivity index (χ3v) is 6.33. The van der Waals surface area contributed by atoms with Gasteiger partial charge in [0.05, 0.1) is 24.8 Å². The van der Waals surface area contributed by atoms with Gasteiger partial charge in [-0.15, -0.1) is 0 Å². The van der Waals surface area contributed by atoms with Crippen molar-refractivity contribution in [2.75, 3.05) is 52.6 Å². The van der Waals surface area contributed by atoms with Crippen molar-refractivity contribution in [1.82, 2.24) is 14.8 Å². The Hall–Kier alpha value is -3.43. The third kappa shape index (κ3) is 4.36. The molecular formula is C25H27N3O6. The summed E-state index contributed by atoms with van der Waals surface area (Å²) in [4.78, 5) is 34.2. The molecule has 0 aliphatic carbocycles. The molecule has 2 saturated heterocycles. The van der Waals surface area contributed by atoms with Gasteiger partial charge >= 0.3 is 0 Å². The molecule has 3 aliphatic rings. The average Bonchev–Trinajstić information content (AvgIpc) is 3.14. The Morgan fingerprint density at radius 3 is 2.59 bits per heavy atom. The van der Waals surface area contributed by atoms with Crippen molar-refractivity contribution < 1.29 is 28.9 Å². The minimum Gasteiger partial charge on any atom is -0.507 e. The number of carbonyl (C=O) groups is 2. The van der Waals surface area contributed by atoms with Gasteiger partial charge in [0.1, 0.15) is 19.0 Å². The molecular weight excluding hydrogens is 438 g/mol. The van der Waals surface area contributed by atoms with Crippen LogP contribution in [0.4, 0.5) is 0 Å². The summed E-state index contributed by atoms with van der Waals surface area (Å²) >= 11 is 0. The molecule has 1 N–H and O–H groups in total. The fourth-order valence-electron chi connectivity index (χ4n) is 4.63. The van der Waals surface area contributed by atoms with E-state index in [2.05, 4.69) is 9.88 Å². The van der Waals surface area contributed by atoms with Crippen molar-refractivity contribution in [3.05, 3.63) is 59.4 Å². The van der Waals surface area contributed by atoms with Crippen LogP contribution in [0.2, 0.25) is 0 Å². The number of aliphatic hydroxyl groups excluding tert-OH is 1. The van der Waals surface area contributed by atoms with Crippen LogP contribution in [0.25, 0.3) is 5.76 Å². The minimum atomic E-state index is -0.716. The maximum Gasteiger partial charge on any atom is 0.295 e. The lowest BCUT2D eigenvalue weighted by Crippen LogP contribution is -2.39. The lowest BCUT2D eigenvalue weighted by molar-refractivity contribution is -0.140. The molecule has 1 aromatic carbocycles. The number of morpholine rings is 1. The van der Waals surface area contributed by atoms with Gasteiger partial charge in [0, 0.05) is 44.1 Å². The summed E-state index contributed by atoms with van der Waals surface area (Å²) in [5, 5.41) is 11.2. The summed E-state index contributed by atoms with van der Waals surface area (Å²) in [6.45, 7) is 5.17. The van der Waals surface area contributed by atoms with Crippen LogP contribution in [0.5, 0.6) is 11.5 Å². The van der Waals surface area contributed by atoms with Gasteiger partial charge in [-0.1, -0.05) is 6.07 Å². The molecule has 2 aromatic rings. The summed E-state index contributed by atoms with van der Waals surface area (Å²) in [7, 11) is 0. The Morgan fingerprint density at radius 2 is 1.82 bits per heavy atom. The van der Waals surface area contributed by atoms with E-state index in [9.17, 15) is 14.7 Å². The van der Waals surface area contributed by atoms with E-state index in [0.717, 1.165) is 19.6 Å². The first kappa shape index (κ1) is 22.4. The highest BCUT2D eigenvalue weighted by Crippen LogP contribution is 2.40. The molecule has 0 bridgehead atoms. The highest BCUT2D eigenvalue weighted by atomic mass is 16.6. The minimum absolute atomic E-state index is 0.0565. The number of fused-ring (bicyclic) bond motifs is 1. The smallest absolute Gasteiger partial charge is 0.295 e. The SMILES string of the molecule is O=C1C(=O)N(CCCN2CCOCC2)[C@@H](c2cccnc2)C1=C(O)c1ccc2c(c1)OCCO2. The van der Waals surface area contributed by atoms with Gasteiger partial charge < -0.3 is 24.2 Å². The number of likely N-dealkylation sites (tertiary alicyclic amines) is 1. The second-order valence-electron chi connectivity index (χ2n) is 8.44. The second kappa shape index (κ2) is 9.82. The van der Waals surface area contributed by atoms with Crippen molar-refractivity contribution in [1.29, 1.82) is 0 Å². The lowest BCUT2D eigenvalue weighted by atomic mass is 9.96. The maximum atomic E-state index is 13.2. The van der Waals surface area contributed by atoms with Crippen molar-refractivity contribution in [2.45, 2.75) is 12.5 Å². The molecule has 0 spiro atoms. The molecule has 2 fully saturated rings. The summed E-state index contributed by atoms with van der Waals surface area (Å²) in [5.41, 5.74) is 1.12. The van der Waals surface area contributed by atoms with Crippen LogP contribution in [0.3, 0.4) is 0 Å². The highest BCUT2D eigenvalue weighted by molar-refractivity contribution is 6.46. The molecule has 0 saturated carbocycles. The molecule has 178 valence electrons. The average molecular weight is 466 g/mol. The normalized spacial score (nSPS) is 22.2. The zero-order valence-electron chi connectivity index (χ0n) is 18.8. The number of Topliss-reactive ketones (excluding diaryl/α,β-unsaturated/α-hetero) is 1. The number of carbonyl (C=O) groups excluding carboxylic acids is 2. The van der Waals surface area contributed by atoms with E-state index >= 15 is 0 Å². The van der Waals surface area contributed by atoms with E-state index in [1.807, 2.05) is 6.07 Å². The molecule has 4 heterocycles. The van der Waals surface area contributed by atoms with E-state index in [1.165, 1.54) is 0 Å². The van der Waals surface area contributed by atoms with E-state index in [1.54, 1.807) is 41.6 Å². The molecule has 34 heavy (non-hydrogen) atoms. The number of benzene rings is 1.